The maximum absolute atomic E-state index is 10.6. The Morgan fingerprint density at radius 2 is 2.44 bits per heavy atom. The average Bonchev–Trinajstić information content (AvgIpc) is 2.67. The number of nitro groups is 1. The number of anilines is 1. The molecule has 1 heterocycles. The van der Waals surface area contributed by atoms with Gasteiger partial charge in [-0.1, -0.05) is 11.3 Å². The smallest absolute Gasteiger partial charge is 0.258 e. The van der Waals surface area contributed by atoms with Crippen LogP contribution in [0.1, 0.15) is 6.92 Å². The Morgan fingerprint density at radius 3 is 3.12 bits per heavy atom. The molecule has 2 rings (SSSR count). The number of aromatic nitrogens is 1. The molecule has 0 aliphatic heterocycles. The third kappa shape index (κ3) is 1.98. The first kappa shape index (κ1) is 10.5. The molecule has 0 saturated heterocycles. The zero-order valence-corrected chi connectivity index (χ0v) is 9.19. The van der Waals surface area contributed by atoms with E-state index >= 15 is 0 Å². The van der Waals surface area contributed by atoms with Crippen LogP contribution in [0.4, 0.5) is 10.8 Å². The molecule has 0 atom stereocenters. The van der Waals surface area contributed by atoms with Crippen LogP contribution >= 0.6 is 11.3 Å². The van der Waals surface area contributed by atoms with Crippen molar-refractivity contribution < 1.29 is 4.92 Å². The second kappa shape index (κ2) is 4.23. The summed E-state index contributed by atoms with van der Waals surface area (Å²) in [5.74, 6) is 0. The first-order valence-corrected chi connectivity index (χ1v) is 5.31. The first-order chi connectivity index (χ1) is 7.70. The van der Waals surface area contributed by atoms with E-state index in [0.717, 1.165) is 10.2 Å². The van der Waals surface area contributed by atoms with Gasteiger partial charge in [0, 0.05) is 18.3 Å². The van der Waals surface area contributed by atoms with Crippen molar-refractivity contribution in [1.82, 2.24) is 4.98 Å². The zero-order chi connectivity index (χ0) is 11.5. The Bertz CT molecular complexity index is 564. The molecule has 0 amide bonds. The standard InChI is InChI=1S/C9H8N4O2S/c1-2-10-12-9-11-7-4-3-6(13(14)15)5-8(7)16-9/h2-5H,1H3,(H,11,12). The van der Waals surface area contributed by atoms with Crippen LogP contribution in [-0.2, 0) is 0 Å². The summed E-state index contributed by atoms with van der Waals surface area (Å²) in [5.41, 5.74) is 3.54. The van der Waals surface area contributed by atoms with Crippen molar-refractivity contribution in [1.29, 1.82) is 0 Å². The van der Waals surface area contributed by atoms with Gasteiger partial charge in [0.1, 0.15) is 0 Å². The fourth-order valence-electron chi connectivity index (χ4n) is 1.19. The van der Waals surface area contributed by atoms with E-state index in [1.807, 2.05) is 0 Å². The van der Waals surface area contributed by atoms with Crippen molar-refractivity contribution in [2.75, 3.05) is 5.43 Å². The Balaban J connectivity index is 2.41. The number of hydrogen-bond donors (Lipinski definition) is 1. The van der Waals surface area contributed by atoms with Crippen molar-refractivity contribution in [2.24, 2.45) is 5.10 Å². The number of hydrazone groups is 1. The summed E-state index contributed by atoms with van der Waals surface area (Å²) in [5, 5.41) is 15.0. The monoisotopic (exact) mass is 236 g/mol. The number of thiazole rings is 1. The third-order valence-electron chi connectivity index (χ3n) is 1.87. The summed E-state index contributed by atoms with van der Waals surface area (Å²) in [6, 6.07) is 4.58. The number of hydrogen-bond acceptors (Lipinski definition) is 6. The molecular formula is C9H8N4O2S. The molecule has 1 aromatic carbocycles. The van der Waals surface area contributed by atoms with E-state index < -0.39 is 4.92 Å². The molecule has 0 aliphatic rings. The van der Waals surface area contributed by atoms with Gasteiger partial charge in [-0.2, -0.15) is 5.10 Å². The Hall–Kier alpha value is -2.02. The third-order valence-corrected chi connectivity index (χ3v) is 2.79. The summed E-state index contributed by atoms with van der Waals surface area (Å²) in [6.07, 6.45) is 1.61. The fraction of sp³-hybridized carbons (Fsp3) is 0.111. The normalized spacial score (nSPS) is 11.1. The molecule has 0 saturated carbocycles. The van der Waals surface area contributed by atoms with Gasteiger partial charge in [0.25, 0.3) is 5.69 Å². The highest BCUT2D eigenvalue weighted by molar-refractivity contribution is 7.22. The number of nitro benzene ring substituents is 1. The van der Waals surface area contributed by atoms with Crippen molar-refractivity contribution in [2.45, 2.75) is 6.92 Å². The quantitative estimate of drug-likeness (QED) is 0.504. The van der Waals surface area contributed by atoms with Crippen LogP contribution < -0.4 is 5.43 Å². The highest BCUT2D eigenvalue weighted by atomic mass is 32.1. The minimum Gasteiger partial charge on any atom is -0.258 e. The molecule has 1 aromatic heterocycles. The van der Waals surface area contributed by atoms with Gasteiger partial charge < -0.3 is 0 Å². The topological polar surface area (TPSA) is 80.4 Å². The van der Waals surface area contributed by atoms with Crippen LogP contribution in [-0.4, -0.2) is 16.1 Å². The van der Waals surface area contributed by atoms with Crippen LogP contribution in [0.25, 0.3) is 10.2 Å². The lowest BCUT2D eigenvalue weighted by Gasteiger charge is -1.88. The second-order valence-corrected chi connectivity index (χ2v) is 3.96. The summed E-state index contributed by atoms with van der Waals surface area (Å²) in [6.45, 7) is 1.78. The summed E-state index contributed by atoms with van der Waals surface area (Å²) >= 11 is 1.33. The highest BCUT2D eigenvalue weighted by Gasteiger charge is 2.09. The van der Waals surface area contributed by atoms with Crippen molar-refractivity contribution in [3.05, 3.63) is 28.3 Å². The number of benzene rings is 1. The molecule has 16 heavy (non-hydrogen) atoms. The number of rotatable bonds is 3. The molecule has 0 aliphatic carbocycles. The largest absolute Gasteiger partial charge is 0.270 e. The van der Waals surface area contributed by atoms with Gasteiger partial charge in [-0.25, -0.2) is 4.98 Å². The van der Waals surface area contributed by atoms with Gasteiger partial charge in [-0.3, -0.25) is 15.5 Å². The predicted molar refractivity (Wildman–Crippen MR) is 64.1 cm³/mol. The molecule has 6 nitrogen and oxygen atoms in total. The number of nitrogens with one attached hydrogen (secondary N) is 1. The SMILES string of the molecule is CC=NNc1nc2ccc([N+](=O)[O-])cc2s1. The van der Waals surface area contributed by atoms with Crippen LogP contribution in [0.15, 0.2) is 23.3 Å². The van der Waals surface area contributed by atoms with E-state index in [0.29, 0.717) is 5.13 Å². The van der Waals surface area contributed by atoms with Gasteiger partial charge in [-0.15, -0.1) is 0 Å². The molecule has 82 valence electrons. The predicted octanol–water partition coefficient (Wildman–Crippen LogP) is 2.62. The summed E-state index contributed by atoms with van der Waals surface area (Å²) in [7, 11) is 0. The number of fused-ring (bicyclic) bond motifs is 1. The van der Waals surface area contributed by atoms with E-state index in [9.17, 15) is 10.1 Å². The van der Waals surface area contributed by atoms with Crippen molar-refractivity contribution in [3.8, 4) is 0 Å². The van der Waals surface area contributed by atoms with Crippen molar-refractivity contribution in [3.63, 3.8) is 0 Å². The maximum Gasteiger partial charge on any atom is 0.270 e. The minimum atomic E-state index is -0.420. The molecule has 0 radical (unpaired) electrons. The second-order valence-electron chi connectivity index (χ2n) is 2.93. The Labute approximate surface area is 94.8 Å². The first-order valence-electron chi connectivity index (χ1n) is 4.49. The van der Waals surface area contributed by atoms with E-state index in [1.54, 1.807) is 19.2 Å². The van der Waals surface area contributed by atoms with Crippen LogP contribution in [0.3, 0.4) is 0 Å². The van der Waals surface area contributed by atoms with E-state index in [-0.39, 0.29) is 5.69 Å². The van der Waals surface area contributed by atoms with Crippen LogP contribution in [0.5, 0.6) is 0 Å². The van der Waals surface area contributed by atoms with E-state index in [1.165, 1.54) is 23.5 Å². The van der Waals surface area contributed by atoms with Gasteiger partial charge in [0.05, 0.1) is 15.1 Å². The molecule has 2 aromatic rings. The molecule has 0 spiro atoms. The molecule has 0 bridgehead atoms. The molecule has 1 N–H and O–H groups in total. The number of nitrogens with zero attached hydrogens (tertiary/aromatic N) is 3. The highest BCUT2D eigenvalue weighted by Crippen LogP contribution is 2.28. The fourth-order valence-corrected chi connectivity index (χ4v) is 2.04. The van der Waals surface area contributed by atoms with Gasteiger partial charge in [-0.05, 0) is 13.0 Å². The molecule has 0 fully saturated rings. The number of non-ortho nitro benzene ring substituents is 1. The van der Waals surface area contributed by atoms with Crippen molar-refractivity contribution >= 4 is 38.6 Å². The van der Waals surface area contributed by atoms with Crippen LogP contribution in [0.2, 0.25) is 0 Å². The Morgan fingerprint density at radius 1 is 1.62 bits per heavy atom. The average molecular weight is 236 g/mol. The van der Waals surface area contributed by atoms with E-state index in [4.69, 9.17) is 0 Å². The molecule has 0 unspecified atom stereocenters. The lowest BCUT2D eigenvalue weighted by atomic mass is 10.3. The zero-order valence-electron chi connectivity index (χ0n) is 8.38. The summed E-state index contributed by atoms with van der Waals surface area (Å²) < 4.78 is 0.767. The van der Waals surface area contributed by atoms with Gasteiger partial charge in [0.2, 0.25) is 5.13 Å². The lowest BCUT2D eigenvalue weighted by molar-refractivity contribution is -0.384. The summed E-state index contributed by atoms with van der Waals surface area (Å²) in [4.78, 5) is 14.4. The van der Waals surface area contributed by atoms with Crippen LogP contribution in [0, 0.1) is 10.1 Å². The van der Waals surface area contributed by atoms with E-state index in [2.05, 4.69) is 15.5 Å². The Kier molecular flexibility index (Phi) is 2.78. The minimum absolute atomic E-state index is 0.0710. The van der Waals surface area contributed by atoms with Gasteiger partial charge in [0.15, 0.2) is 0 Å². The maximum atomic E-state index is 10.6. The lowest BCUT2D eigenvalue weighted by Crippen LogP contribution is -1.86. The molecule has 7 heteroatoms. The van der Waals surface area contributed by atoms with Gasteiger partial charge >= 0.3 is 0 Å². The molecular weight excluding hydrogens is 228 g/mol.